The van der Waals surface area contributed by atoms with Gasteiger partial charge in [0.1, 0.15) is 17.4 Å². The average Bonchev–Trinajstić information content (AvgIpc) is 2.71. The summed E-state index contributed by atoms with van der Waals surface area (Å²) in [7, 11) is 0. The lowest BCUT2D eigenvalue weighted by Gasteiger charge is -2.29. The molecule has 0 radical (unpaired) electrons. The fourth-order valence-corrected chi connectivity index (χ4v) is 3.08. The van der Waals surface area contributed by atoms with E-state index in [4.69, 9.17) is 27.9 Å². The van der Waals surface area contributed by atoms with Crippen LogP contribution in [0.4, 0.5) is 10.2 Å². The Morgan fingerprint density at radius 2 is 2.07 bits per heavy atom. The first kappa shape index (κ1) is 21.3. The largest absolute Gasteiger partial charge is 0.484 e. The molecular weight excluding hydrogens is 422 g/mol. The third-order valence-electron chi connectivity index (χ3n) is 4.34. The lowest BCUT2D eigenvalue weighted by Crippen LogP contribution is -2.53. The summed E-state index contributed by atoms with van der Waals surface area (Å²) in [5.41, 5.74) is 0. The SMILES string of the molecule is O=C(COc1ccc(Cl)c(F)c1)NC1CCC(C(=O)Nc2ccc(Cl)cn2)NC1. The Morgan fingerprint density at radius 3 is 2.72 bits per heavy atom. The zero-order chi connectivity index (χ0) is 20.8. The molecule has 1 aliphatic rings. The van der Waals surface area contributed by atoms with Crippen LogP contribution in [0.1, 0.15) is 12.8 Å². The first-order valence-corrected chi connectivity index (χ1v) is 9.69. The van der Waals surface area contributed by atoms with Crippen LogP contribution in [-0.2, 0) is 9.59 Å². The number of rotatable bonds is 6. The normalized spacial score (nSPS) is 18.7. The predicted molar refractivity (Wildman–Crippen MR) is 108 cm³/mol. The van der Waals surface area contributed by atoms with E-state index in [1.165, 1.54) is 18.3 Å². The van der Waals surface area contributed by atoms with Crippen molar-refractivity contribution in [1.29, 1.82) is 0 Å². The molecule has 2 aromatic rings. The summed E-state index contributed by atoms with van der Waals surface area (Å²) in [4.78, 5) is 28.4. The first-order chi connectivity index (χ1) is 13.9. The number of hydrogen-bond donors (Lipinski definition) is 3. The van der Waals surface area contributed by atoms with E-state index in [0.29, 0.717) is 30.2 Å². The van der Waals surface area contributed by atoms with Gasteiger partial charge in [-0.05, 0) is 37.1 Å². The topological polar surface area (TPSA) is 92.3 Å². The number of anilines is 1. The number of hydrogen-bond acceptors (Lipinski definition) is 5. The standard InChI is InChI=1S/C19H19Cl2FN4O3/c20-11-1-6-17(24-8-11)26-19(28)16-5-2-12(9-23-16)25-18(27)10-29-13-3-4-14(21)15(22)7-13/h1,3-4,6-8,12,16,23H,2,5,9-10H2,(H,25,27)(H,24,26,28). The summed E-state index contributed by atoms with van der Waals surface area (Å²) in [5.74, 6) is -0.499. The van der Waals surface area contributed by atoms with Crippen molar-refractivity contribution < 1.29 is 18.7 Å². The second kappa shape index (κ2) is 9.87. The third kappa shape index (κ3) is 6.28. The van der Waals surface area contributed by atoms with Crippen molar-refractivity contribution in [3.05, 3.63) is 52.4 Å². The van der Waals surface area contributed by atoms with E-state index < -0.39 is 5.82 Å². The molecule has 7 nitrogen and oxygen atoms in total. The molecule has 2 amide bonds. The van der Waals surface area contributed by atoms with Gasteiger partial charge >= 0.3 is 0 Å². The van der Waals surface area contributed by atoms with Crippen LogP contribution in [0.3, 0.4) is 0 Å². The molecule has 0 saturated carbocycles. The number of halogens is 3. The van der Waals surface area contributed by atoms with Crippen molar-refractivity contribution in [3.63, 3.8) is 0 Å². The molecule has 1 fully saturated rings. The maximum atomic E-state index is 13.4. The minimum Gasteiger partial charge on any atom is -0.484 e. The van der Waals surface area contributed by atoms with E-state index in [-0.39, 0.29) is 41.3 Å². The van der Waals surface area contributed by atoms with E-state index in [2.05, 4.69) is 20.9 Å². The summed E-state index contributed by atoms with van der Waals surface area (Å²) in [5, 5.41) is 9.13. The van der Waals surface area contributed by atoms with Crippen LogP contribution in [0.2, 0.25) is 10.0 Å². The number of carbonyl (C=O) groups excluding carboxylic acids is 2. The molecule has 2 heterocycles. The van der Waals surface area contributed by atoms with Crippen molar-refractivity contribution in [3.8, 4) is 5.75 Å². The van der Waals surface area contributed by atoms with Gasteiger partial charge in [-0.2, -0.15) is 0 Å². The number of nitrogens with one attached hydrogen (secondary N) is 3. The van der Waals surface area contributed by atoms with Gasteiger partial charge in [0.25, 0.3) is 5.91 Å². The molecule has 2 atom stereocenters. The lowest BCUT2D eigenvalue weighted by molar-refractivity contribution is -0.124. The molecule has 1 aliphatic heterocycles. The van der Waals surface area contributed by atoms with Crippen LogP contribution >= 0.6 is 23.2 Å². The second-order valence-corrected chi connectivity index (χ2v) is 7.36. The number of benzene rings is 1. The summed E-state index contributed by atoms with van der Waals surface area (Å²) in [6.07, 6.45) is 2.63. The highest BCUT2D eigenvalue weighted by Crippen LogP contribution is 2.20. The zero-order valence-corrected chi connectivity index (χ0v) is 16.8. The van der Waals surface area contributed by atoms with Crippen molar-refractivity contribution in [2.75, 3.05) is 18.5 Å². The van der Waals surface area contributed by atoms with Crippen molar-refractivity contribution in [1.82, 2.24) is 15.6 Å². The molecule has 1 aromatic heterocycles. The molecule has 29 heavy (non-hydrogen) atoms. The van der Waals surface area contributed by atoms with Gasteiger partial charge in [-0.15, -0.1) is 0 Å². The summed E-state index contributed by atoms with van der Waals surface area (Å²) < 4.78 is 18.6. The third-order valence-corrected chi connectivity index (χ3v) is 4.87. The van der Waals surface area contributed by atoms with Crippen LogP contribution < -0.4 is 20.7 Å². The van der Waals surface area contributed by atoms with Gasteiger partial charge in [0.2, 0.25) is 5.91 Å². The summed E-state index contributed by atoms with van der Waals surface area (Å²) in [6, 6.07) is 6.72. The van der Waals surface area contributed by atoms with Crippen LogP contribution in [0.15, 0.2) is 36.5 Å². The summed E-state index contributed by atoms with van der Waals surface area (Å²) >= 11 is 11.4. The van der Waals surface area contributed by atoms with E-state index in [1.807, 2.05) is 0 Å². The fourth-order valence-electron chi connectivity index (χ4n) is 2.85. The molecule has 0 aliphatic carbocycles. The second-order valence-electron chi connectivity index (χ2n) is 6.52. The number of pyridine rings is 1. The van der Waals surface area contributed by atoms with Gasteiger partial charge in [0, 0.05) is 24.8 Å². The van der Waals surface area contributed by atoms with Gasteiger partial charge in [0.15, 0.2) is 6.61 Å². The van der Waals surface area contributed by atoms with Crippen LogP contribution in [0, 0.1) is 5.82 Å². The number of nitrogens with zero attached hydrogens (tertiary/aromatic N) is 1. The van der Waals surface area contributed by atoms with E-state index in [1.54, 1.807) is 12.1 Å². The van der Waals surface area contributed by atoms with Gasteiger partial charge < -0.3 is 20.7 Å². The Bertz CT molecular complexity index is 874. The van der Waals surface area contributed by atoms with Crippen LogP contribution in [0.25, 0.3) is 0 Å². The number of aromatic nitrogens is 1. The average molecular weight is 441 g/mol. The maximum Gasteiger partial charge on any atom is 0.258 e. The van der Waals surface area contributed by atoms with Gasteiger partial charge in [0.05, 0.1) is 16.1 Å². The van der Waals surface area contributed by atoms with E-state index in [0.717, 1.165) is 6.07 Å². The number of ether oxygens (including phenoxy) is 1. The van der Waals surface area contributed by atoms with Gasteiger partial charge in [-0.25, -0.2) is 9.37 Å². The monoisotopic (exact) mass is 440 g/mol. The highest BCUT2D eigenvalue weighted by Gasteiger charge is 2.26. The molecular formula is C19H19Cl2FN4O3. The van der Waals surface area contributed by atoms with E-state index in [9.17, 15) is 14.0 Å². The van der Waals surface area contributed by atoms with Crippen LogP contribution in [0.5, 0.6) is 5.75 Å². The Balaban J connectivity index is 1.39. The Hall–Kier alpha value is -2.42. The molecule has 1 saturated heterocycles. The molecule has 2 unspecified atom stereocenters. The first-order valence-electron chi connectivity index (χ1n) is 8.94. The molecule has 0 spiro atoms. The Morgan fingerprint density at radius 1 is 1.24 bits per heavy atom. The molecule has 3 N–H and O–H groups in total. The fraction of sp³-hybridized carbons (Fsp3) is 0.316. The predicted octanol–water partition coefficient (Wildman–Crippen LogP) is 2.78. The number of carbonyl (C=O) groups is 2. The summed E-state index contributed by atoms with van der Waals surface area (Å²) in [6.45, 7) is 0.192. The van der Waals surface area contributed by atoms with Gasteiger partial charge in [-0.1, -0.05) is 23.2 Å². The molecule has 1 aromatic carbocycles. The molecule has 0 bridgehead atoms. The van der Waals surface area contributed by atoms with Crippen molar-refractivity contribution >= 4 is 40.8 Å². The Labute approximate surface area is 176 Å². The quantitative estimate of drug-likeness (QED) is 0.642. The minimum atomic E-state index is -0.612. The highest BCUT2D eigenvalue weighted by molar-refractivity contribution is 6.30. The van der Waals surface area contributed by atoms with E-state index >= 15 is 0 Å². The lowest BCUT2D eigenvalue weighted by atomic mass is 10.00. The van der Waals surface area contributed by atoms with Crippen LogP contribution in [-0.4, -0.2) is 42.0 Å². The molecule has 154 valence electrons. The smallest absolute Gasteiger partial charge is 0.258 e. The number of piperidine rings is 1. The highest BCUT2D eigenvalue weighted by atomic mass is 35.5. The number of amides is 2. The molecule has 3 rings (SSSR count). The van der Waals surface area contributed by atoms with Crippen molar-refractivity contribution in [2.24, 2.45) is 0 Å². The Kier molecular flexibility index (Phi) is 7.24. The minimum absolute atomic E-state index is 0.0134. The zero-order valence-electron chi connectivity index (χ0n) is 15.3. The molecule has 10 heteroatoms. The van der Waals surface area contributed by atoms with Crippen molar-refractivity contribution in [2.45, 2.75) is 24.9 Å². The maximum absolute atomic E-state index is 13.4. The van der Waals surface area contributed by atoms with Gasteiger partial charge in [-0.3, -0.25) is 9.59 Å².